The van der Waals surface area contributed by atoms with Crippen molar-refractivity contribution in [3.63, 3.8) is 0 Å². The second-order valence-corrected chi connectivity index (χ2v) is 16.2. The van der Waals surface area contributed by atoms with Gasteiger partial charge in [0.25, 0.3) is 0 Å². The molecule has 0 unspecified atom stereocenters. The van der Waals surface area contributed by atoms with Crippen molar-refractivity contribution in [3.8, 4) is 94.7 Å². The van der Waals surface area contributed by atoms with E-state index in [0.29, 0.717) is 0 Å². The summed E-state index contributed by atoms with van der Waals surface area (Å²) in [5.74, 6) is 0. The average molecular weight is 802 g/mol. The van der Waals surface area contributed by atoms with Gasteiger partial charge in [-0.05, 0) is 150 Å². The highest BCUT2D eigenvalue weighted by Crippen LogP contribution is 2.42. The van der Waals surface area contributed by atoms with Crippen molar-refractivity contribution in [1.29, 1.82) is 0 Å². The molecule has 1 heterocycles. The molecule has 1 aromatic heterocycles. The molecule has 0 N–H and O–H groups in total. The van der Waals surface area contributed by atoms with Crippen LogP contribution in [0.15, 0.2) is 261 Å². The van der Waals surface area contributed by atoms with E-state index in [1.165, 1.54) is 94.4 Å². The molecule has 0 aliphatic carbocycles. The Bertz CT molecular complexity index is 3160. The van der Waals surface area contributed by atoms with Crippen LogP contribution in [0.2, 0.25) is 0 Å². The summed E-state index contributed by atoms with van der Waals surface area (Å²) in [4.78, 5) is 0. The Hall–Kier alpha value is -8.26. The molecule has 0 spiro atoms. The van der Waals surface area contributed by atoms with E-state index < -0.39 is 0 Å². The first-order chi connectivity index (χ1) is 31.2. The standard InChI is InChI=1S/C62H43N/c1-7-19-44(20-8-1)51-33-52(45-21-9-2-10-22-45)36-55(35-51)50-31-32-62-60(42-50)61(58-38-53(46-23-11-3-12-24-46)34-54(39-58)47-25-13-4-14-26-47)43-63(62)59-40-56(48-27-15-5-16-28-48)37-57(41-59)49-29-17-6-18-30-49/h1-43H. The molecule has 11 rings (SSSR count). The third-order valence-corrected chi connectivity index (χ3v) is 12.2. The summed E-state index contributed by atoms with van der Waals surface area (Å²) in [6, 6.07) is 92.5. The summed E-state index contributed by atoms with van der Waals surface area (Å²) < 4.78 is 2.40. The molecule has 10 aromatic carbocycles. The highest BCUT2D eigenvalue weighted by atomic mass is 15.0. The first-order valence-corrected chi connectivity index (χ1v) is 21.6. The summed E-state index contributed by atoms with van der Waals surface area (Å²) in [6.07, 6.45) is 2.36. The van der Waals surface area contributed by atoms with Crippen LogP contribution in [0, 0.1) is 0 Å². The van der Waals surface area contributed by atoms with Gasteiger partial charge in [-0.25, -0.2) is 0 Å². The third kappa shape index (κ3) is 7.69. The quantitative estimate of drug-likeness (QED) is 0.137. The molecule has 0 aliphatic heterocycles. The Morgan fingerprint density at radius 3 is 0.825 bits per heavy atom. The van der Waals surface area contributed by atoms with Crippen LogP contribution in [0.5, 0.6) is 0 Å². The van der Waals surface area contributed by atoms with Crippen molar-refractivity contribution in [3.05, 3.63) is 261 Å². The van der Waals surface area contributed by atoms with Gasteiger partial charge in [0, 0.05) is 22.8 Å². The lowest BCUT2D eigenvalue weighted by Crippen LogP contribution is -1.94. The van der Waals surface area contributed by atoms with E-state index in [1.807, 2.05) is 0 Å². The van der Waals surface area contributed by atoms with E-state index in [9.17, 15) is 0 Å². The zero-order chi connectivity index (χ0) is 42.0. The molecule has 0 aliphatic rings. The Labute approximate surface area is 369 Å². The Kier molecular flexibility index (Phi) is 9.97. The van der Waals surface area contributed by atoms with Gasteiger partial charge in [0.15, 0.2) is 0 Å². The maximum Gasteiger partial charge on any atom is 0.0535 e. The van der Waals surface area contributed by atoms with Crippen LogP contribution in [0.1, 0.15) is 0 Å². The van der Waals surface area contributed by atoms with Gasteiger partial charge in [0.05, 0.1) is 5.52 Å². The maximum absolute atomic E-state index is 2.41. The van der Waals surface area contributed by atoms with Crippen molar-refractivity contribution >= 4 is 10.9 Å². The minimum absolute atomic E-state index is 1.11. The first-order valence-electron chi connectivity index (χ1n) is 21.6. The number of benzene rings is 10. The summed E-state index contributed by atoms with van der Waals surface area (Å²) in [5.41, 5.74) is 21.2. The molecule has 0 atom stereocenters. The van der Waals surface area contributed by atoms with E-state index in [4.69, 9.17) is 0 Å². The fourth-order valence-electron chi connectivity index (χ4n) is 8.96. The smallest absolute Gasteiger partial charge is 0.0535 e. The van der Waals surface area contributed by atoms with Gasteiger partial charge >= 0.3 is 0 Å². The number of fused-ring (bicyclic) bond motifs is 1. The van der Waals surface area contributed by atoms with Crippen molar-refractivity contribution in [2.75, 3.05) is 0 Å². The SMILES string of the molecule is c1ccc(-c2cc(-c3ccccc3)cc(-c3ccc4c(c3)c(-c3cc(-c5ccccc5)cc(-c5ccccc5)c3)cn4-c3cc(-c4ccccc4)cc(-c4ccccc4)c3)c2)cc1. The zero-order valence-corrected chi connectivity index (χ0v) is 34.8. The molecular formula is C62H43N. The van der Waals surface area contributed by atoms with Crippen LogP contribution in [0.25, 0.3) is 106 Å². The largest absolute Gasteiger partial charge is 0.316 e. The van der Waals surface area contributed by atoms with Gasteiger partial charge in [0.2, 0.25) is 0 Å². The second kappa shape index (κ2) is 16.7. The van der Waals surface area contributed by atoms with E-state index >= 15 is 0 Å². The molecule has 1 heteroatoms. The lowest BCUT2D eigenvalue weighted by atomic mass is 9.91. The van der Waals surface area contributed by atoms with Crippen molar-refractivity contribution < 1.29 is 0 Å². The Morgan fingerprint density at radius 1 is 0.206 bits per heavy atom. The highest BCUT2D eigenvalue weighted by molar-refractivity contribution is 6.01. The molecule has 0 bridgehead atoms. The third-order valence-electron chi connectivity index (χ3n) is 12.2. The molecule has 0 saturated heterocycles. The lowest BCUT2D eigenvalue weighted by Gasteiger charge is -2.14. The maximum atomic E-state index is 2.41. The van der Waals surface area contributed by atoms with Crippen molar-refractivity contribution in [2.45, 2.75) is 0 Å². The van der Waals surface area contributed by atoms with Crippen LogP contribution in [-0.4, -0.2) is 4.57 Å². The number of aromatic nitrogens is 1. The molecule has 1 nitrogen and oxygen atoms in total. The molecular weight excluding hydrogens is 759 g/mol. The minimum Gasteiger partial charge on any atom is -0.316 e. The Morgan fingerprint density at radius 2 is 0.492 bits per heavy atom. The van der Waals surface area contributed by atoms with Gasteiger partial charge < -0.3 is 4.57 Å². The van der Waals surface area contributed by atoms with E-state index in [-0.39, 0.29) is 0 Å². The molecule has 296 valence electrons. The van der Waals surface area contributed by atoms with Gasteiger partial charge in [-0.1, -0.05) is 188 Å². The number of rotatable bonds is 9. The van der Waals surface area contributed by atoms with Crippen molar-refractivity contribution in [2.24, 2.45) is 0 Å². The van der Waals surface area contributed by atoms with Gasteiger partial charge in [0.1, 0.15) is 0 Å². The monoisotopic (exact) mass is 801 g/mol. The first kappa shape index (κ1) is 37.7. The van der Waals surface area contributed by atoms with Crippen LogP contribution in [0.4, 0.5) is 0 Å². The summed E-state index contributed by atoms with van der Waals surface area (Å²) in [5, 5.41) is 1.19. The second-order valence-electron chi connectivity index (χ2n) is 16.2. The fourth-order valence-corrected chi connectivity index (χ4v) is 8.96. The number of hydrogen-bond acceptors (Lipinski definition) is 0. The molecule has 0 fully saturated rings. The van der Waals surface area contributed by atoms with E-state index in [2.05, 4.69) is 266 Å². The van der Waals surface area contributed by atoms with E-state index in [1.54, 1.807) is 0 Å². The van der Waals surface area contributed by atoms with E-state index in [0.717, 1.165) is 11.2 Å². The number of hydrogen-bond donors (Lipinski definition) is 0. The predicted octanol–water partition coefficient (Wildman–Crippen LogP) is 17.0. The number of nitrogens with zero attached hydrogens (tertiary/aromatic N) is 1. The fraction of sp³-hybridized carbons (Fsp3) is 0. The molecule has 0 saturated carbocycles. The minimum atomic E-state index is 1.11. The molecule has 0 radical (unpaired) electrons. The normalized spacial score (nSPS) is 11.2. The summed E-state index contributed by atoms with van der Waals surface area (Å²) >= 11 is 0. The summed E-state index contributed by atoms with van der Waals surface area (Å²) in [7, 11) is 0. The molecule has 11 aromatic rings. The zero-order valence-electron chi connectivity index (χ0n) is 34.8. The molecule has 0 amide bonds. The predicted molar refractivity (Wildman–Crippen MR) is 267 cm³/mol. The topological polar surface area (TPSA) is 4.93 Å². The van der Waals surface area contributed by atoms with Crippen LogP contribution < -0.4 is 0 Å². The van der Waals surface area contributed by atoms with Crippen LogP contribution in [-0.2, 0) is 0 Å². The van der Waals surface area contributed by atoms with Gasteiger partial charge in [-0.2, -0.15) is 0 Å². The Balaban J connectivity index is 1.17. The highest BCUT2D eigenvalue weighted by Gasteiger charge is 2.18. The lowest BCUT2D eigenvalue weighted by molar-refractivity contribution is 1.13. The average Bonchev–Trinajstić information content (AvgIpc) is 3.77. The summed E-state index contributed by atoms with van der Waals surface area (Å²) in [6.45, 7) is 0. The van der Waals surface area contributed by atoms with Crippen LogP contribution in [0.3, 0.4) is 0 Å². The van der Waals surface area contributed by atoms with Gasteiger partial charge in [-0.15, -0.1) is 0 Å². The van der Waals surface area contributed by atoms with Gasteiger partial charge in [-0.3, -0.25) is 0 Å². The van der Waals surface area contributed by atoms with Crippen LogP contribution >= 0.6 is 0 Å². The molecule has 63 heavy (non-hydrogen) atoms. The van der Waals surface area contributed by atoms with Crippen molar-refractivity contribution in [1.82, 2.24) is 4.57 Å².